The van der Waals surface area contributed by atoms with Crippen molar-refractivity contribution >= 4 is 0 Å². The van der Waals surface area contributed by atoms with Crippen LogP contribution < -0.4 is 10.1 Å². The van der Waals surface area contributed by atoms with Gasteiger partial charge in [0.1, 0.15) is 5.75 Å². The van der Waals surface area contributed by atoms with E-state index in [9.17, 15) is 0 Å². The summed E-state index contributed by atoms with van der Waals surface area (Å²) in [5.74, 6) is 0.941. The van der Waals surface area contributed by atoms with Crippen LogP contribution in [0.4, 0.5) is 0 Å². The maximum atomic E-state index is 5.55. The smallest absolute Gasteiger partial charge is 0.123 e. The number of nitrogens with one attached hydrogen (secondary N) is 1. The average Bonchev–Trinajstić information content (AvgIpc) is 3.18. The van der Waals surface area contributed by atoms with E-state index in [-0.39, 0.29) is 0 Å². The normalized spacial score (nSPS) is 20.3. The molecule has 0 aliphatic carbocycles. The van der Waals surface area contributed by atoms with Gasteiger partial charge in [-0.3, -0.25) is 9.58 Å². The van der Waals surface area contributed by atoms with Crippen LogP contribution in [-0.4, -0.2) is 48.0 Å². The first-order chi connectivity index (χ1) is 12.8. The molecule has 1 spiro atoms. The lowest BCUT2D eigenvalue weighted by Crippen LogP contribution is -2.45. The summed E-state index contributed by atoms with van der Waals surface area (Å²) in [6.07, 6.45) is 9.24. The van der Waals surface area contributed by atoms with Crippen LogP contribution in [0.2, 0.25) is 0 Å². The van der Waals surface area contributed by atoms with Gasteiger partial charge in [0.05, 0.1) is 13.7 Å². The van der Waals surface area contributed by atoms with Crippen molar-refractivity contribution in [1.82, 2.24) is 20.0 Å². The van der Waals surface area contributed by atoms with E-state index in [1.54, 1.807) is 7.11 Å². The minimum absolute atomic E-state index is 0.618. The number of piperidine rings is 2. The zero-order chi connectivity index (χ0) is 17.8. The van der Waals surface area contributed by atoms with Crippen LogP contribution in [0, 0.1) is 5.41 Å². The molecule has 2 fully saturated rings. The predicted octanol–water partition coefficient (Wildman–Crippen LogP) is 2.91. The van der Waals surface area contributed by atoms with E-state index in [2.05, 4.69) is 33.5 Å². The summed E-state index contributed by atoms with van der Waals surface area (Å²) in [6.45, 7) is 6.64. The van der Waals surface area contributed by atoms with Crippen molar-refractivity contribution in [3.05, 3.63) is 47.8 Å². The number of methoxy groups -OCH3 is 1. The minimum atomic E-state index is 0.618. The van der Waals surface area contributed by atoms with E-state index in [0.717, 1.165) is 18.8 Å². The summed E-state index contributed by atoms with van der Waals surface area (Å²) in [5, 5.41) is 7.84. The number of likely N-dealkylation sites (tertiary alicyclic amines) is 1. The lowest BCUT2D eigenvalue weighted by Gasteiger charge is -2.44. The summed E-state index contributed by atoms with van der Waals surface area (Å²) in [4.78, 5) is 2.62. The Balaban J connectivity index is 1.40. The Hall–Kier alpha value is -1.85. The van der Waals surface area contributed by atoms with Gasteiger partial charge in [0.25, 0.3) is 0 Å². The van der Waals surface area contributed by atoms with Crippen molar-refractivity contribution in [2.24, 2.45) is 5.41 Å². The lowest BCUT2D eigenvalue weighted by molar-refractivity contribution is 0.0701. The molecule has 1 aromatic heterocycles. The molecule has 0 radical (unpaired) electrons. The Kier molecular flexibility index (Phi) is 5.27. The van der Waals surface area contributed by atoms with Crippen molar-refractivity contribution in [2.45, 2.75) is 38.8 Å². The van der Waals surface area contributed by atoms with Crippen LogP contribution in [0.25, 0.3) is 0 Å². The number of benzene rings is 1. The monoisotopic (exact) mass is 354 g/mol. The molecular weight excluding hydrogens is 324 g/mol. The summed E-state index contributed by atoms with van der Waals surface area (Å²) < 4.78 is 7.50. The molecule has 0 atom stereocenters. The Morgan fingerprint density at radius 3 is 2.62 bits per heavy atom. The molecule has 2 aromatic rings. The fourth-order valence-electron chi connectivity index (χ4n) is 4.52. The molecule has 1 aromatic carbocycles. The van der Waals surface area contributed by atoms with Gasteiger partial charge in [0.2, 0.25) is 0 Å². The first-order valence-electron chi connectivity index (χ1n) is 9.83. The first kappa shape index (κ1) is 17.6. The molecule has 0 bridgehead atoms. The molecule has 0 amide bonds. The van der Waals surface area contributed by atoms with Gasteiger partial charge in [-0.2, -0.15) is 5.10 Å². The Bertz CT molecular complexity index is 697. The van der Waals surface area contributed by atoms with Crippen molar-refractivity contribution < 1.29 is 4.74 Å². The highest BCUT2D eigenvalue weighted by molar-refractivity contribution is 5.37. The van der Waals surface area contributed by atoms with Gasteiger partial charge >= 0.3 is 0 Å². The number of ether oxygens (including phenoxy) is 1. The highest BCUT2D eigenvalue weighted by atomic mass is 16.5. The molecule has 2 aliphatic heterocycles. The van der Waals surface area contributed by atoms with E-state index in [1.165, 1.54) is 63.0 Å². The van der Waals surface area contributed by atoms with Crippen molar-refractivity contribution in [3.8, 4) is 5.75 Å². The van der Waals surface area contributed by atoms with E-state index in [0.29, 0.717) is 5.41 Å². The zero-order valence-corrected chi connectivity index (χ0v) is 15.8. The molecule has 0 saturated carbocycles. The number of nitrogens with zero attached hydrogens (tertiary/aromatic N) is 3. The third kappa shape index (κ3) is 3.94. The van der Waals surface area contributed by atoms with Gasteiger partial charge in [-0.1, -0.05) is 6.07 Å². The van der Waals surface area contributed by atoms with Crippen molar-refractivity contribution in [3.63, 3.8) is 0 Å². The number of aromatic nitrogens is 2. The zero-order valence-electron chi connectivity index (χ0n) is 15.8. The fourth-order valence-corrected chi connectivity index (χ4v) is 4.52. The first-order valence-corrected chi connectivity index (χ1v) is 9.83. The molecule has 1 N–H and O–H groups in total. The second-order valence-corrected chi connectivity index (χ2v) is 7.88. The van der Waals surface area contributed by atoms with Gasteiger partial charge in [-0.25, -0.2) is 0 Å². The molecule has 3 heterocycles. The summed E-state index contributed by atoms with van der Waals surface area (Å²) >= 11 is 0. The highest BCUT2D eigenvalue weighted by Gasteiger charge is 2.35. The molecule has 4 rings (SSSR count). The van der Waals surface area contributed by atoms with E-state index >= 15 is 0 Å². The topological polar surface area (TPSA) is 42.3 Å². The molecule has 5 heteroatoms. The van der Waals surface area contributed by atoms with Crippen molar-refractivity contribution in [2.75, 3.05) is 33.3 Å². The van der Waals surface area contributed by atoms with Crippen LogP contribution in [0.5, 0.6) is 5.75 Å². The van der Waals surface area contributed by atoms with Gasteiger partial charge in [0, 0.05) is 24.5 Å². The van der Waals surface area contributed by atoms with Gasteiger partial charge in [-0.15, -0.1) is 0 Å². The van der Waals surface area contributed by atoms with Crippen LogP contribution >= 0.6 is 0 Å². The Morgan fingerprint density at radius 2 is 1.92 bits per heavy atom. The third-order valence-corrected chi connectivity index (χ3v) is 6.22. The van der Waals surface area contributed by atoms with Crippen LogP contribution in [0.15, 0.2) is 36.7 Å². The second kappa shape index (κ2) is 7.80. The van der Waals surface area contributed by atoms with E-state index in [4.69, 9.17) is 4.74 Å². The predicted molar refractivity (Wildman–Crippen MR) is 103 cm³/mol. The highest BCUT2D eigenvalue weighted by Crippen LogP contribution is 2.39. The second-order valence-electron chi connectivity index (χ2n) is 7.88. The lowest BCUT2D eigenvalue weighted by atomic mass is 9.71. The maximum absolute atomic E-state index is 5.55. The standard InChI is InChI=1S/C21H30N4O/c1-26-20-4-3-18(15-19(20)17-25-12-2-9-23-25)16-24-13-7-21(8-14-24)5-10-22-11-6-21/h2-4,9,12,15,22H,5-8,10-11,13-14,16-17H2,1H3. The Labute approximate surface area is 156 Å². The summed E-state index contributed by atoms with van der Waals surface area (Å²) in [7, 11) is 1.74. The molecular formula is C21H30N4O. The fraction of sp³-hybridized carbons (Fsp3) is 0.571. The minimum Gasteiger partial charge on any atom is -0.496 e. The SMILES string of the molecule is COc1ccc(CN2CCC3(CCNCC3)CC2)cc1Cn1cccn1. The maximum Gasteiger partial charge on any atom is 0.123 e. The molecule has 2 saturated heterocycles. The number of rotatable bonds is 5. The molecule has 140 valence electrons. The number of hydrogen-bond acceptors (Lipinski definition) is 4. The number of hydrogen-bond donors (Lipinski definition) is 1. The van der Waals surface area contributed by atoms with Crippen molar-refractivity contribution in [1.29, 1.82) is 0 Å². The van der Waals surface area contributed by atoms with Gasteiger partial charge in [0.15, 0.2) is 0 Å². The molecule has 0 unspecified atom stereocenters. The summed E-state index contributed by atoms with van der Waals surface area (Å²) in [5.41, 5.74) is 3.18. The largest absolute Gasteiger partial charge is 0.496 e. The van der Waals surface area contributed by atoms with Crippen LogP contribution in [0.3, 0.4) is 0 Å². The molecule has 26 heavy (non-hydrogen) atoms. The average molecular weight is 354 g/mol. The van der Waals surface area contributed by atoms with Gasteiger partial charge in [-0.05, 0) is 81.0 Å². The summed E-state index contributed by atoms with van der Waals surface area (Å²) in [6, 6.07) is 8.56. The van der Waals surface area contributed by atoms with E-state index in [1.807, 2.05) is 23.1 Å². The van der Waals surface area contributed by atoms with Crippen LogP contribution in [0.1, 0.15) is 36.8 Å². The quantitative estimate of drug-likeness (QED) is 0.896. The third-order valence-electron chi connectivity index (χ3n) is 6.22. The van der Waals surface area contributed by atoms with Crippen LogP contribution in [-0.2, 0) is 13.1 Å². The van der Waals surface area contributed by atoms with Gasteiger partial charge < -0.3 is 10.1 Å². The Morgan fingerprint density at radius 1 is 1.12 bits per heavy atom. The molecule has 5 nitrogen and oxygen atoms in total. The van der Waals surface area contributed by atoms with E-state index < -0.39 is 0 Å². The molecule has 2 aliphatic rings.